The Hall–Kier alpha value is -1.32. The molecule has 0 aromatic carbocycles. The summed E-state index contributed by atoms with van der Waals surface area (Å²) in [6.45, 7) is 4.61. The molecule has 0 saturated carbocycles. The van der Waals surface area contributed by atoms with Crippen LogP contribution in [0, 0.1) is 5.92 Å². The molecule has 1 saturated heterocycles. The van der Waals surface area contributed by atoms with Crippen LogP contribution >= 0.6 is 24.0 Å². The molecule has 1 aliphatic heterocycles. The number of carbonyl (C=O) groups is 1. The van der Waals surface area contributed by atoms with Crippen LogP contribution in [-0.2, 0) is 23.1 Å². The zero-order valence-corrected chi connectivity index (χ0v) is 16.3. The van der Waals surface area contributed by atoms with E-state index >= 15 is 0 Å². The number of nitrogens with zero attached hydrogens (tertiary/aromatic N) is 4. The summed E-state index contributed by atoms with van der Waals surface area (Å²) in [5.74, 6) is 0.815. The standard InChI is InChI=1S/C15H25N5O2.HI/c1-4-22-14(21)12-6-9-20(10-7-12)15(16-2)17-11-13-5-8-18-19(13)3;/h5,8,12H,4,6-7,9-11H2,1-3H3,(H,16,17);1H. The zero-order valence-electron chi connectivity index (χ0n) is 14.0. The summed E-state index contributed by atoms with van der Waals surface area (Å²) in [4.78, 5) is 18.3. The van der Waals surface area contributed by atoms with E-state index in [9.17, 15) is 4.79 Å². The molecule has 1 N–H and O–H groups in total. The van der Waals surface area contributed by atoms with E-state index in [1.165, 1.54) is 0 Å². The molecule has 1 aromatic heterocycles. The van der Waals surface area contributed by atoms with E-state index in [0.29, 0.717) is 13.2 Å². The normalized spacial score (nSPS) is 16.0. The third kappa shape index (κ3) is 5.36. The second kappa shape index (κ2) is 9.74. The number of guanidine groups is 1. The first-order chi connectivity index (χ1) is 10.7. The summed E-state index contributed by atoms with van der Waals surface area (Å²) >= 11 is 0. The summed E-state index contributed by atoms with van der Waals surface area (Å²) in [6, 6.07) is 1.98. The van der Waals surface area contributed by atoms with Crippen LogP contribution in [0.25, 0.3) is 0 Å². The number of likely N-dealkylation sites (tertiary alicyclic amines) is 1. The van der Waals surface area contributed by atoms with Crippen molar-refractivity contribution in [2.75, 3.05) is 26.7 Å². The molecule has 0 atom stereocenters. The van der Waals surface area contributed by atoms with Crippen LogP contribution in [0.4, 0.5) is 0 Å². The van der Waals surface area contributed by atoms with Gasteiger partial charge in [0.05, 0.1) is 24.8 Å². The van der Waals surface area contributed by atoms with E-state index in [1.54, 1.807) is 13.2 Å². The van der Waals surface area contributed by atoms with Crippen LogP contribution in [-0.4, -0.2) is 53.4 Å². The smallest absolute Gasteiger partial charge is 0.309 e. The second-order valence-corrected chi connectivity index (χ2v) is 5.36. The van der Waals surface area contributed by atoms with Crippen molar-refractivity contribution in [2.45, 2.75) is 26.3 Å². The van der Waals surface area contributed by atoms with Crippen LogP contribution in [0.3, 0.4) is 0 Å². The molecule has 0 spiro atoms. The van der Waals surface area contributed by atoms with E-state index in [-0.39, 0.29) is 35.9 Å². The first-order valence-electron chi connectivity index (χ1n) is 7.74. The van der Waals surface area contributed by atoms with Gasteiger partial charge in [0.2, 0.25) is 0 Å². The predicted octanol–water partition coefficient (Wildman–Crippen LogP) is 1.39. The number of hydrogen-bond donors (Lipinski definition) is 1. The van der Waals surface area contributed by atoms with Gasteiger partial charge < -0.3 is 15.0 Å². The summed E-state index contributed by atoms with van der Waals surface area (Å²) < 4.78 is 6.94. The number of carbonyl (C=O) groups excluding carboxylic acids is 1. The first kappa shape index (κ1) is 19.7. The van der Waals surface area contributed by atoms with Crippen molar-refractivity contribution in [1.29, 1.82) is 0 Å². The fourth-order valence-electron chi connectivity index (χ4n) is 2.66. The third-order valence-corrected chi connectivity index (χ3v) is 3.98. The van der Waals surface area contributed by atoms with E-state index < -0.39 is 0 Å². The fraction of sp³-hybridized carbons (Fsp3) is 0.667. The van der Waals surface area contributed by atoms with Crippen molar-refractivity contribution in [3.63, 3.8) is 0 Å². The van der Waals surface area contributed by atoms with Gasteiger partial charge in [0, 0.05) is 33.4 Å². The van der Waals surface area contributed by atoms with Gasteiger partial charge in [-0.15, -0.1) is 24.0 Å². The van der Waals surface area contributed by atoms with Crippen molar-refractivity contribution in [1.82, 2.24) is 20.0 Å². The van der Waals surface area contributed by atoms with Gasteiger partial charge in [-0.1, -0.05) is 0 Å². The van der Waals surface area contributed by atoms with Crippen molar-refractivity contribution in [2.24, 2.45) is 18.0 Å². The molecule has 0 amide bonds. The number of nitrogens with one attached hydrogen (secondary N) is 1. The highest BCUT2D eigenvalue weighted by atomic mass is 127. The van der Waals surface area contributed by atoms with E-state index in [2.05, 4.69) is 20.3 Å². The summed E-state index contributed by atoms with van der Waals surface area (Å²) in [5.41, 5.74) is 1.10. The maximum atomic E-state index is 11.8. The highest BCUT2D eigenvalue weighted by molar-refractivity contribution is 14.0. The van der Waals surface area contributed by atoms with Crippen molar-refractivity contribution >= 4 is 35.9 Å². The van der Waals surface area contributed by atoms with Gasteiger partial charge >= 0.3 is 5.97 Å². The topological polar surface area (TPSA) is 71.8 Å². The molecule has 2 heterocycles. The molecule has 1 aliphatic rings. The Balaban J connectivity index is 0.00000264. The predicted molar refractivity (Wildman–Crippen MR) is 99.8 cm³/mol. The van der Waals surface area contributed by atoms with Gasteiger partial charge in [-0.25, -0.2) is 0 Å². The van der Waals surface area contributed by atoms with Crippen LogP contribution < -0.4 is 5.32 Å². The number of piperidine rings is 1. The van der Waals surface area contributed by atoms with Gasteiger partial charge in [0.25, 0.3) is 0 Å². The SMILES string of the molecule is CCOC(=O)C1CCN(C(=NC)NCc2ccnn2C)CC1.I. The molecule has 8 heteroatoms. The molecule has 0 unspecified atom stereocenters. The maximum Gasteiger partial charge on any atom is 0.309 e. The van der Waals surface area contributed by atoms with E-state index in [1.807, 2.05) is 24.7 Å². The third-order valence-electron chi connectivity index (χ3n) is 3.98. The molecule has 23 heavy (non-hydrogen) atoms. The largest absolute Gasteiger partial charge is 0.466 e. The molecule has 0 bridgehead atoms. The van der Waals surface area contributed by atoms with Crippen molar-refractivity contribution < 1.29 is 9.53 Å². The maximum absolute atomic E-state index is 11.8. The Labute approximate surface area is 154 Å². The number of halogens is 1. The van der Waals surface area contributed by atoms with Gasteiger partial charge in [-0.3, -0.25) is 14.5 Å². The summed E-state index contributed by atoms with van der Waals surface area (Å²) in [6.07, 6.45) is 3.40. The van der Waals surface area contributed by atoms with Gasteiger partial charge in [0.15, 0.2) is 5.96 Å². The lowest BCUT2D eigenvalue weighted by molar-refractivity contribution is -0.149. The molecule has 0 radical (unpaired) electrons. The molecule has 7 nitrogen and oxygen atoms in total. The number of esters is 1. The Bertz CT molecular complexity index is 524. The lowest BCUT2D eigenvalue weighted by atomic mass is 9.97. The van der Waals surface area contributed by atoms with Crippen molar-refractivity contribution in [3.8, 4) is 0 Å². The van der Waals surface area contributed by atoms with Crippen LogP contribution in [0.15, 0.2) is 17.3 Å². The van der Waals surface area contributed by atoms with E-state index in [0.717, 1.165) is 37.6 Å². The first-order valence-corrected chi connectivity index (χ1v) is 7.74. The Morgan fingerprint density at radius 2 is 2.17 bits per heavy atom. The van der Waals surface area contributed by atoms with Crippen LogP contribution in [0.5, 0.6) is 0 Å². The highest BCUT2D eigenvalue weighted by Crippen LogP contribution is 2.18. The Morgan fingerprint density at radius 1 is 1.48 bits per heavy atom. The van der Waals surface area contributed by atoms with E-state index in [4.69, 9.17) is 4.74 Å². The minimum Gasteiger partial charge on any atom is -0.466 e. The van der Waals surface area contributed by atoms with Crippen molar-refractivity contribution in [3.05, 3.63) is 18.0 Å². The Kier molecular flexibility index (Phi) is 8.35. The lowest BCUT2D eigenvalue weighted by Gasteiger charge is -2.33. The number of aromatic nitrogens is 2. The lowest BCUT2D eigenvalue weighted by Crippen LogP contribution is -2.46. The zero-order chi connectivity index (χ0) is 15.9. The molecule has 1 aromatic rings. The summed E-state index contributed by atoms with van der Waals surface area (Å²) in [5, 5.41) is 7.50. The second-order valence-electron chi connectivity index (χ2n) is 5.36. The molecule has 130 valence electrons. The van der Waals surface area contributed by atoms with Gasteiger partial charge in [-0.05, 0) is 25.8 Å². The number of hydrogen-bond acceptors (Lipinski definition) is 4. The summed E-state index contributed by atoms with van der Waals surface area (Å²) in [7, 11) is 3.70. The van der Waals surface area contributed by atoms with Crippen LogP contribution in [0.1, 0.15) is 25.5 Å². The number of aliphatic imine (C=N–C) groups is 1. The van der Waals surface area contributed by atoms with Gasteiger partial charge in [0.1, 0.15) is 0 Å². The fourth-order valence-corrected chi connectivity index (χ4v) is 2.66. The number of rotatable bonds is 4. The molecule has 2 rings (SSSR count). The number of ether oxygens (including phenoxy) is 1. The molecule has 1 fully saturated rings. The Morgan fingerprint density at radius 3 is 2.70 bits per heavy atom. The number of aryl methyl sites for hydroxylation is 1. The molecule has 0 aliphatic carbocycles. The average molecular weight is 435 g/mol. The molecular weight excluding hydrogens is 409 g/mol. The molecular formula is C15H26IN5O2. The average Bonchev–Trinajstić information content (AvgIpc) is 2.94. The minimum atomic E-state index is -0.0695. The highest BCUT2D eigenvalue weighted by Gasteiger charge is 2.27. The van der Waals surface area contributed by atoms with Crippen LogP contribution in [0.2, 0.25) is 0 Å². The van der Waals surface area contributed by atoms with Gasteiger partial charge in [-0.2, -0.15) is 5.10 Å². The minimum absolute atomic E-state index is 0. The monoisotopic (exact) mass is 435 g/mol. The quantitative estimate of drug-likeness (QED) is 0.335.